The Morgan fingerprint density at radius 1 is 1.00 bits per heavy atom. The Balaban J connectivity index is 1.88. The maximum atomic E-state index is 13.0. The molecule has 0 fully saturated rings. The fourth-order valence-corrected chi connectivity index (χ4v) is 4.43. The minimum atomic E-state index is -1.87. The molecular weight excluding hydrogens is 500 g/mol. The second-order valence-electron chi connectivity index (χ2n) is 6.16. The Kier molecular flexibility index (Phi) is 6.84. The lowest BCUT2D eigenvalue weighted by Gasteiger charge is -2.27. The van der Waals surface area contributed by atoms with E-state index in [1.165, 1.54) is 6.21 Å². The highest BCUT2D eigenvalue weighted by molar-refractivity contribution is 9.11. The third-order valence-corrected chi connectivity index (χ3v) is 5.49. The SMILES string of the molecule is COc1c(Br)cc(/C=N/NC(=O)C(O)(c2ccccc2)c2ccccc2)cc1Br. The maximum Gasteiger partial charge on any atom is 0.281 e. The van der Waals surface area contributed by atoms with Crippen molar-refractivity contribution >= 4 is 44.0 Å². The predicted octanol–water partition coefficient (Wildman–Crippen LogP) is 4.61. The van der Waals surface area contributed by atoms with E-state index in [0.29, 0.717) is 16.9 Å². The molecule has 0 heterocycles. The Labute approximate surface area is 185 Å². The Bertz CT molecular complexity index is 962. The molecule has 0 unspecified atom stereocenters. The van der Waals surface area contributed by atoms with E-state index in [0.717, 1.165) is 14.5 Å². The molecule has 7 heteroatoms. The zero-order chi connectivity index (χ0) is 20.9. The second-order valence-corrected chi connectivity index (χ2v) is 7.87. The quantitative estimate of drug-likeness (QED) is 0.370. The van der Waals surface area contributed by atoms with Crippen molar-refractivity contribution in [1.82, 2.24) is 5.43 Å². The standard InChI is InChI=1S/C22H18Br2N2O3/c1-29-20-18(23)12-15(13-19(20)24)14-25-26-21(27)22(28,16-8-4-2-5-9-16)17-10-6-3-7-11-17/h2-14,28H,1H3,(H,26,27)/b25-14+. The lowest BCUT2D eigenvalue weighted by atomic mass is 9.85. The van der Waals surface area contributed by atoms with Crippen molar-refractivity contribution in [1.29, 1.82) is 0 Å². The first-order chi connectivity index (χ1) is 14.0. The van der Waals surface area contributed by atoms with E-state index in [9.17, 15) is 9.90 Å². The summed E-state index contributed by atoms with van der Waals surface area (Å²) in [6.07, 6.45) is 1.49. The lowest BCUT2D eigenvalue weighted by Crippen LogP contribution is -2.43. The molecule has 0 aliphatic heterocycles. The number of aliphatic hydroxyl groups is 1. The monoisotopic (exact) mass is 516 g/mol. The molecule has 3 aromatic rings. The molecular formula is C22H18Br2N2O3. The van der Waals surface area contributed by atoms with Gasteiger partial charge in [-0.1, -0.05) is 60.7 Å². The fraction of sp³-hybridized carbons (Fsp3) is 0.0909. The molecule has 0 atom stereocenters. The Morgan fingerprint density at radius 2 is 1.48 bits per heavy atom. The average Bonchev–Trinajstić information content (AvgIpc) is 2.74. The number of methoxy groups -OCH3 is 1. The Hall–Kier alpha value is -2.48. The number of benzene rings is 3. The minimum absolute atomic E-state index is 0.453. The summed E-state index contributed by atoms with van der Waals surface area (Å²) in [6.45, 7) is 0. The number of hydrogen-bond donors (Lipinski definition) is 2. The molecule has 0 aliphatic carbocycles. The third-order valence-electron chi connectivity index (χ3n) is 4.32. The smallest absolute Gasteiger partial charge is 0.281 e. The summed E-state index contributed by atoms with van der Waals surface area (Å²) in [7, 11) is 1.58. The molecule has 2 N–H and O–H groups in total. The average molecular weight is 518 g/mol. The van der Waals surface area contributed by atoms with Crippen LogP contribution in [-0.2, 0) is 10.4 Å². The highest BCUT2D eigenvalue weighted by atomic mass is 79.9. The van der Waals surface area contributed by atoms with Gasteiger partial charge in [-0.3, -0.25) is 4.79 Å². The number of rotatable bonds is 6. The minimum Gasteiger partial charge on any atom is -0.494 e. The van der Waals surface area contributed by atoms with Gasteiger partial charge in [0.1, 0.15) is 5.75 Å². The molecule has 0 spiro atoms. The van der Waals surface area contributed by atoms with Crippen LogP contribution in [0.5, 0.6) is 5.75 Å². The van der Waals surface area contributed by atoms with Crippen LogP contribution < -0.4 is 10.2 Å². The maximum absolute atomic E-state index is 13.0. The highest BCUT2D eigenvalue weighted by Gasteiger charge is 2.39. The van der Waals surface area contributed by atoms with E-state index in [1.807, 2.05) is 12.1 Å². The molecule has 5 nitrogen and oxygen atoms in total. The van der Waals surface area contributed by atoms with Crippen LogP contribution in [-0.4, -0.2) is 24.3 Å². The van der Waals surface area contributed by atoms with Gasteiger partial charge in [0.15, 0.2) is 5.60 Å². The van der Waals surface area contributed by atoms with Crippen molar-refractivity contribution in [3.8, 4) is 5.75 Å². The molecule has 29 heavy (non-hydrogen) atoms. The molecule has 0 saturated heterocycles. The highest BCUT2D eigenvalue weighted by Crippen LogP contribution is 2.34. The van der Waals surface area contributed by atoms with Crippen LogP contribution >= 0.6 is 31.9 Å². The van der Waals surface area contributed by atoms with Gasteiger partial charge in [-0.15, -0.1) is 0 Å². The van der Waals surface area contributed by atoms with Crippen molar-refractivity contribution in [3.63, 3.8) is 0 Å². The number of nitrogens with zero attached hydrogens (tertiary/aromatic N) is 1. The van der Waals surface area contributed by atoms with Crippen molar-refractivity contribution in [2.45, 2.75) is 5.60 Å². The summed E-state index contributed by atoms with van der Waals surface area (Å²) in [4.78, 5) is 13.0. The van der Waals surface area contributed by atoms with Gasteiger partial charge in [0.2, 0.25) is 0 Å². The predicted molar refractivity (Wildman–Crippen MR) is 120 cm³/mol. The first kappa shape index (κ1) is 21.2. The zero-order valence-corrected chi connectivity index (χ0v) is 18.6. The van der Waals surface area contributed by atoms with Gasteiger partial charge < -0.3 is 9.84 Å². The summed E-state index contributed by atoms with van der Waals surface area (Å²) in [5.41, 5.74) is 2.22. The van der Waals surface area contributed by atoms with Gasteiger partial charge in [0.25, 0.3) is 5.91 Å². The molecule has 0 aliphatic rings. The number of carbonyl (C=O) groups is 1. The lowest BCUT2D eigenvalue weighted by molar-refractivity contribution is -0.136. The molecule has 148 valence electrons. The number of nitrogens with one attached hydrogen (secondary N) is 1. The van der Waals surface area contributed by atoms with Gasteiger partial charge in [0, 0.05) is 0 Å². The molecule has 0 bridgehead atoms. The number of amides is 1. The Morgan fingerprint density at radius 3 is 1.93 bits per heavy atom. The van der Waals surface area contributed by atoms with Crippen LogP contribution in [0.15, 0.2) is 86.8 Å². The van der Waals surface area contributed by atoms with Crippen molar-refractivity contribution in [2.75, 3.05) is 7.11 Å². The van der Waals surface area contributed by atoms with Crippen LogP contribution in [0.3, 0.4) is 0 Å². The molecule has 1 amide bonds. The summed E-state index contributed by atoms with van der Waals surface area (Å²) in [5, 5.41) is 15.4. The summed E-state index contributed by atoms with van der Waals surface area (Å²) in [5.74, 6) is 0.00603. The zero-order valence-electron chi connectivity index (χ0n) is 15.5. The summed E-state index contributed by atoms with van der Waals surface area (Å²) >= 11 is 6.86. The number of ether oxygens (including phenoxy) is 1. The molecule has 3 rings (SSSR count). The van der Waals surface area contributed by atoms with Crippen LogP contribution in [0, 0.1) is 0 Å². The van der Waals surface area contributed by atoms with Gasteiger partial charge in [-0.25, -0.2) is 5.43 Å². The number of halogens is 2. The third kappa shape index (κ3) is 4.58. The van der Waals surface area contributed by atoms with Gasteiger partial charge in [0.05, 0.1) is 22.3 Å². The number of carbonyl (C=O) groups excluding carboxylic acids is 1. The van der Waals surface area contributed by atoms with Crippen LogP contribution in [0.2, 0.25) is 0 Å². The normalized spacial score (nSPS) is 11.4. The summed E-state index contributed by atoms with van der Waals surface area (Å²) < 4.78 is 6.76. The van der Waals surface area contributed by atoms with E-state index >= 15 is 0 Å². The number of hydrazone groups is 1. The molecule has 0 saturated carbocycles. The van der Waals surface area contributed by atoms with E-state index in [2.05, 4.69) is 42.4 Å². The molecule has 0 aromatic heterocycles. The van der Waals surface area contributed by atoms with Gasteiger partial charge in [-0.2, -0.15) is 5.10 Å². The first-order valence-corrected chi connectivity index (χ1v) is 10.3. The topological polar surface area (TPSA) is 70.9 Å². The number of hydrogen-bond acceptors (Lipinski definition) is 4. The van der Waals surface area contributed by atoms with Crippen LogP contribution in [0.4, 0.5) is 0 Å². The van der Waals surface area contributed by atoms with E-state index in [4.69, 9.17) is 4.74 Å². The first-order valence-electron chi connectivity index (χ1n) is 8.66. The fourth-order valence-electron chi connectivity index (χ4n) is 2.88. The van der Waals surface area contributed by atoms with Crippen molar-refractivity contribution in [3.05, 3.63) is 98.4 Å². The van der Waals surface area contributed by atoms with E-state index in [-0.39, 0.29) is 0 Å². The largest absolute Gasteiger partial charge is 0.494 e. The van der Waals surface area contributed by atoms with Crippen molar-refractivity contribution < 1.29 is 14.6 Å². The van der Waals surface area contributed by atoms with Crippen molar-refractivity contribution in [2.24, 2.45) is 5.10 Å². The van der Waals surface area contributed by atoms with Crippen LogP contribution in [0.25, 0.3) is 0 Å². The van der Waals surface area contributed by atoms with Gasteiger partial charge >= 0.3 is 0 Å². The van der Waals surface area contributed by atoms with Gasteiger partial charge in [-0.05, 0) is 60.7 Å². The van der Waals surface area contributed by atoms with E-state index < -0.39 is 11.5 Å². The van der Waals surface area contributed by atoms with Crippen LogP contribution in [0.1, 0.15) is 16.7 Å². The molecule has 0 radical (unpaired) electrons. The summed E-state index contributed by atoms with van der Waals surface area (Å²) in [6, 6.07) is 21.1. The second kappa shape index (κ2) is 9.35. The van der Waals surface area contributed by atoms with E-state index in [1.54, 1.807) is 67.8 Å². The molecule has 3 aromatic carbocycles.